The molecule has 0 radical (unpaired) electrons. The minimum atomic E-state index is -2.33. The van der Waals surface area contributed by atoms with Crippen LogP contribution in [0.4, 0.5) is 4.39 Å². The fourth-order valence-corrected chi connectivity index (χ4v) is 3.40. The van der Waals surface area contributed by atoms with E-state index in [1.807, 2.05) is 0 Å². The molecule has 0 spiro atoms. The molecule has 5 heteroatoms. The number of nitrogens with zero attached hydrogens (tertiary/aromatic N) is 1. The molecule has 4 nitrogen and oxygen atoms in total. The minimum Gasteiger partial charge on any atom is -0.493 e. The zero-order valence-corrected chi connectivity index (χ0v) is 15.6. The largest absolute Gasteiger partial charge is 0.493 e. The standard InChI is InChI=1S/C22H28FNO3/c1-26-20-5-3-4-19(22(20)27-2)21(25)17-11-14-24(15-12-17)13-10-16-6-8-18(23)9-7-16/h3-9,17,21,25H,10-15H2,1-2H3/t21-/m1/s1/i10D2,13D2. The van der Waals surface area contributed by atoms with E-state index >= 15 is 0 Å². The summed E-state index contributed by atoms with van der Waals surface area (Å²) in [5.41, 5.74) is 0.701. The van der Waals surface area contributed by atoms with Crippen LogP contribution in [0.3, 0.4) is 0 Å². The van der Waals surface area contributed by atoms with Gasteiger partial charge in [-0.05, 0) is 62.0 Å². The molecule has 27 heavy (non-hydrogen) atoms. The van der Waals surface area contributed by atoms with Crippen LogP contribution in [0.5, 0.6) is 11.5 Å². The number of aryl methyl sites for hydroxylation is 1. The first kappa shape index (κ1) is 14.9. The Morgan fingerprint density at radius 2 is 1.85 bits per heavy atom. The SMILES string of the molecule is [2H]C([2H])(c1ccc(F)cc1)C([2H])([2H])N1CCC([C@@H](O)c2cccc(OC)c2OC)CC1. The van der Waals surface area contributed by atoms with Gasteiger partial charge in [-0.3, -0.25) is 0 Å². The number of para-hydroxylation sites is 1. The highest BCUT2D eigenvalue weighted by Gasteiger charge is 2.28. The molecule has 0 aliphatic carbocycles. The number of likely N-dealkylation sites (tertiary alicyclic amines) is 1. The van der Waals surface area contributed by atoms with Gasteiger partial charge in [-0.25, -0.2) is 4.39 Å². The molecule has 0 unspecified atom stereocenters. The van der Waals surface area contributed by atoms with E-state index in [9.17, 15) is 9.50 Å². The maximum absolute atomic E-state index is 13.2. The molecule has 0 saturated carbocycles. The van der Waals surface area contributed by atoms with Gasteiger partial charge in [0.1, 0.15) is 5.82 Å². The van der Waals surface area contributed by atoms with Gasteiger partial charge >= 0.3 is 0 Å². The molecule has 0 amide bonds. The number of aliphatic hydroxyl groups excluding tert-OH is 1. The molecule has 1 atom stereocenters. The van der Waals surface area contributed by atoms with Crippen LogP contribution in [0.15, 0.2) is 42.5 Å². The third-order valence-electron chi connectivity index (χ3n) is 4.94. The van der Waals surface area contributed by atoms with Crippen molar-refractivity contribution in [3.05, 3.63) is 59.4 Å². The fraction of sp³-hybridized carbons (Fsp3) is 0.455. The Morgan fingerprint density at radius 1 is 1.15 bits per heavy atom. The lowest BCUT2D eigenvalue weighted by Crippen LogP contribution is -2.36. The summed E-state index contributed by atoms with van der Waals surface area (Å²) in [4.78, 5) is 1.46. The molecule has 1 heterocycles. The highest BCUT2D eigenvalue weighted by molar-refractivity contribution is 5.47. The van der Waals surface area contributed by atoms with Crippen molar-refractivity contribution in [1.82, 2.24) is 4.90 Å². The second-order valence-corrected chi connectivity index (χ2v) is 6.60. The number of hydrogen-bond acceptors (Lipinski definition) is 4. The minimum absolute atomic E-state index is 0.0853. The van der Waals surface area contributed by atoms with Gasteiger partial charge in [-0.15, -0.1) is 0 Å². The summed E-state index contributed by atoms with van der Waals surface area (Å²) in [6.45, 7) is -1.74. The number of rotatable bonds is 7. The first-order valence-corrected chi connectivity index (χ1v) is 9.03. The topological polar surface area (TPSA) is 41.9 Å². The zero-order chi connectivity index (χ0) is 22.8. The first-order valence-electron chi connectivity index (χ1n) is 11.0. The fourth-order valence-electron chi connectivity index (χ4n) is 3.40. The summed E-state index contributed by atoms with van der Waals surface area (Å²) in [6, 6.07) is 10.1. The Kier molecular flexibility index (Phi) is 5.07. The van der Waals surface area contributed by atoms with Crippen molar-refractivity contribution < 1.29 is 24.5 Å². The molecule has 2 aromatic carbocycles. The molecule has 3 rings (SSSR count). The maximum atomic E-state index is 13.2. The normalized spacial score (nSPS) is 20.1. The Labute approximate surface area is 166 Å². The summed E-state index contributed by atoms with van der Waals surface area (Å²) in [5, 5.41) is 11.0. The first-order chi connectivity index (χ1) is 14.6. The van der Waals surface area contributed by atoms with Crippen molar-refractivity contribution in [3.8, 4) is 11.5 Å². The number of aliphatic hydroxyl groups is 1. The highest BCUT2D eigenvalue weighted by Crippen LogP contribution is 2.39. The van der Waals surface area contributed by atoms with E-state index in [1.54, 1.807) is 18.2 Å². The molecule has 146 valence electrons. The maximum Gasteiger partial charge on any atom is 0.166 e. The number of benzene rings is 2. The number of hydrogen-bond donors (Lipinski definition) is 1. The molecule has 0 bridgehead atoms. The number of ether oxygens (including phenoxy) is 2. The van der Waals surface area contributed by atoms with E-state index in [0.29, 0.717) is 29.9 Å². The lowest BCUT2D eigenvalue weighted by atomic mass is 9.87. The van der Waals surface area contributed by atoms with E-state index < -0.39 is 24.8 Å². The average molecular weight is 377 g/mol. The Hall–Kier alpha value is -2.11. The van der Waals surface area contributed by atoms with E-state index in [0.717, 1.165) is 12.1 Å². The van der Waals surface area contributed by atoms with Crippen LogP contribution in [0.1, 0.15) is 35.6 Å². The lowest BCUT2D eigenvalue weighted by molar-refractivity contribution is 0.0573. The van der Waals surface area contributed by atoms with Gasteiger partial charge in [0, 0.05) is 17.5 Å². The second kappa shape index (κ2) is 9.20. The third-order valence-corrected chi connectivity index (χ3v) is 4.94. The van der Waals surface area contributed by atoms with Crippen LogP contribution in [0.2, 0.25) is 0 Å². The van der Waals surface area contributed by atoms with Gasteiger partial charge in [0.15, 0.2) is 11.5 Å². The van der Waals surface area contributed by atoms with Crippen molar-refractivity contribution in [3.63, 3.8) is 0 Å². The predicted octanol–water partition coefficient (Wildman–Crippen LogP) is 3.83. The van der Waals surface area contributed by atoms with E-state index in [2.05, 4.69) is 0 Å². The van der Waals surface area contributed by atoms with Crippen molar-refractivity contribution in [2.24, 2.45) is 5.92 Å². The van der Waals surface area contributed by atoms with Crippen LogP contribution in [-0.4, -0.2) is 43.8 Å². The van der Waals surface area contributed by atoms with Crippen LogP contribution in [0, 0.1) is 11.7 Å². The highest BCUT2D eigenvalue weighted by atomic mass is 19.1. The van der Waals surface area contributed by atoms with Crippen molar-refractivity contribution in [2.45, 2.75) is 25.3 Å². The van der Waals surface area contributed by atoms with Gasteiger partial charge < -0.3 is 19.5 Å². The molecular formula is C22H28FNO3. The predicted molar refractivity (Wildman–Crippen MR) is 104 cm³/mol. The van der Waals surface area contributed by atoms with Crippen molar-refractivity contribution >= 4 is 0 Å². The molecular weight excluding hydrogens is 345 g/mol. The monoisotopic (exact) mass is 377 g/mol. The summed E-state index contributed by atoms with van der Waals surface area (Å²) >= 11 is 0. The Balaban J connectivity index is 1.73. The van der Waals surface area contributed by atoms with Crippen LogP contribution in [-0.2, 0) is 6.37 Å². The molecule has 1 N–H and O–H groups in total. The van der Waals surface area contributed by atoms with Crippen molar-refractivity contribution in [1.29, 1.82) is 0 Å². The van der Waals surface area contributed by atoms with Crippen LogP contribution < -0.4 is 9.47 Å². The summed E-state index contributed by atoms with van der Waals surface area (Å²) < 4.78 is 57.7. The molecule has 0 aromatic heterocycles. The van der Waals surface area contributed by atoms with Gasteiger partial charge in [0.05, 0.1) is 20.3 Å². The summed E-state index contributed by atoms with van der Waals surface area (Å²) in [5.74, 6) is 0.371. The van der Waals surface area contributed by atoms with Crippen LogP contribution in [0.25, 0.3) is 0 Å². The van der Waals surface area contributed by atoms with E-state index in [-0.39, 0.29) is 24.6 Å². The number of halogens is 1. The van der Waals surface area contributed by atoms with E-state index in [1.165, 1.54) is 31.3 Å². The zero-order valence-electron chi connectivity index (χ0n) is 19.6. The smallest absolute Gasteiger partial charge is 0.166 e. The molecule has 1 aliphatic rings. The van der Waals surface area contributed by atoms with Gasteiger partial charge in [-0.2, -0.15) is 0 Å². The van der Waals surface area contributed by atoms with E-state index in [4.69, 9.17) is 15.0 Å². The molecule has 2 aromatic rings. The quantitative estimate of drug-likeness (QED) is 0.796. The Bertz CT molecular complexity index is 887. The Morgan fingerprint density at radius 3 is 2.48 bits per heavy atom. The van der Waals surface area contributed by atoms with Crippen molar-refractivity contribution in [2.75, 3.05) is 33.8 Å². The number of piperidine rings is 1. The van der Waals surface area contributed by atoms with Gasteiger partial charge in [0.25, 0.3) is 0 Å². The lowest BCUT2D eigenvalue weighted by Gasteiger charge is -2.34. The van der Waals surface area contributed by atoms with Crippen LogP contribution >= 0.6 is 0 Å². The second-order valence-electron chi connectivity index (χ2n) is 6.60. The van der Waals surface area contributed by atoms with Gasteiger partial charge in [0.2, 0.25) is 0 Å². The molecule has 1 saturated heterocycles. The average Bonchev–Trinajstić information content (AvgIpc) is 2.78. The summed E-state index contributed by atoms with van der Waals surface area (Å²) in [7, 11) is 3.05. The number of methoxy groups -OCH3 is 2. The van der Waals surface area contributed by atoms with Gasteiger partial charge in [-0.1, -0.05) is 24.3 Å². The molecule has 1 aliphatic heterocycles. The summed E-state index contributed by atoms with van der Waals surface area (Å²) in [6.07, 6.45) is -2.17. The third kappa shape index (κ3) is 4.79. The molecule has 1 fully saturated rings.